The molecule has 0 radical (unpaired) electrons. The van der Waals surface area contributed by atoms with E-state index in [2.05, 4.69) is 10.3 Å². The first-order valence-corrected chi connectivity index (χ1v) is 6.50. The second kappa shape index (κ2) is 5.67. The van der Waals surface area contributed by atoms with Crippen LogP contribution in [0.1, 0.15) is 5.56 Å². The molecule has 0 spiro atoms. The SMILES string of the molecule is FC(F)(F)SCCNCc1ccc2[nH]ccc2c1. The number of benzene rings is 1. The fourth-order valence-corrected chi connectivity index (χ4v) is 2.16. The smallest absolute Gasteiger partial charge is 0.361 e. The average molecular weight is 274 g/mol. The molecule has 0 fully saturated rings. The van der Waals surface area contributed by atoms with Gasteiger partial charge >= 0.3 is 5.51 Å². The summed E-state index contributed by atoms with van der Waals surface area (Å²) in [5, 5.41) is 4.11. The third-order valence-electron chi connectivity index (χ3n) is 2.49. The van der Waals surface area contributed by atoms with Crippen LogP contribution in [0, 0.1) is 0 Å². The number of halogens is 3. The van der Waals surface area contributed by atoms with E-state index in [9.17, 15) is 13.2 Å². The zero-order valence-electron chi connectivity index (χ0n) is 9.55. The average Bonchev–Trinajstić information content (AvgIpc) is 2.74. The topological polar surface area (TPSA) is 27.8 Å². The standard InChI is InChI=1S/C12H13F3N2S/c13-12(14,15)18-6-5-16-8-9-1-2-11-10(7-9)3-4-17-11/h1-4,7,16-17H,5-6,8H2. The van der Waals surface area contributed by atoms with E-state index in [1.54, 1.807) is 0 Å². The molecule has 98 valence electrons. The molecule has 0 bridgehead atoms. The highest BCUT2D eigenvalue weighted by molar-refractivity contribution is 8.00. The third kappa shape index (κ3) is 3.96. The maximum absolute atomic E-state index is 11.9. The number of H-pyrrole nitrogens is 1. The van der Waals surface area contributed by atoms with Crippen LogP contribution in [0.4, 0.5) is 13.2 Å². The number of hydrogen-bond acceptors (Lipinski definition) is 2. The van der Waals surface area contributed by atoms with Gasteiger partial charge < -0.3 is 10.3 Å². The highest BCUT2D eigenvalue weighted by Gasteiger charge is 2.27. The molecule has 6 heteroatoms. The van der Waals surface area contributed by atoms with Gasteiger partial charge in [0.2, 0.25) is 0 Å². The van der Waals surface area contributed by atoms with E-state index < -0.39 is 5.51 Å². The van der Waals surface area contributed by atoms with Crippen molar-refractivity contribution < 1.29 is 13.2 Å². The number of thioether (sulfide) groups is 1. The number of hydrogen-bond donors (Lipinski definition) is 2. The van der Waals surface area contributed by atoms with Crippen LogP contribution < -0.4 is 5.32 Å². The Kier molecular flexibility index (Phi) is 4.19. The lowest BCUT2D eigenvalue weighted by atomic mass is 10.1. The summed E-state index contributed by atoms with van der Waals surface area (Å²) >= 11 is 0.00514. The number of rotatable bonds is 5. The Bertz CT molecular complexity index is 507. The van der Waals surface area contributed by atoms with Crippen LogP contribution in [0.25, 0.3) is 10.9 Å². The van der Waals surface area contributed by atoms with Gasteiger partial charge in [-0.3, -0.25) is 0 Å². The van der Waals surface area contributed by atoms with Crippen molar-refractivity contribution in [3.63, 3.8) is 0 Å². The van der Waals surface area contributed by atoms with Crippen LogP contribution in [0.5, 0.6) is 0 Å². The van der Waals surface area contributed by atoms with E-state index in [-0.39, 0.29) is 17.5 Å². The van der Waals surface area contributed by atoms with Crippen LogP contribution >= 0.6 is 11.8 Å². The van der Waals surface area contributed by atoms with Gasteiger partial charge in [-0.2, -0.15) is 13.2 Å². The molecule has 0 saturated carbocycles. The molecule has 0 saturated heterocycles. The van der Waals surface area contributed by atoms with Crippen molar-refractivity contribution >= 4 is 22.7 Å². The summed E-state index contributed by atoms with van der Waals surface area (Å²) in [5.74, 6) is 0.0376. The Labute approximate surface area is 107 Å². The van der Waals surface area contributed by atoms with Gasteiger partial charge in [-0.1, -0.05) is 6.07 Å². The second-order valence-electron chi connectivity index (χ2n) is 3.87. The maximum Gasteiger partial charge on any atom is 0.441 e. The van der Waals surface area contributed by atoms with Gasteiger partial charge in [0.25, 0.3) is 0 Å². The van der Waals surface area contributed by atoms with Crippen LogP contribution in [0.2, 0.25) is 0 Å². The van der Waals surface area contributed by atoms with Crippen LogP contribution in [-0.2, 0) is 6.54 Å². The van der Waals surface area contributed by atoms with E-state index in [1.807, 2.05) is 30.5 Å². The number of nitrogens with one attached hydrogen (secondary N) is 2. The lowest BCUT2D eigenvalue weighted by Gasteiger charge is -2.07. The van der Waals surface area contributed by atoms with Crippen molar-refractivity contribution in [2.24, 2.45) is 0 Å². The van der Waals surface area contributed by atoms with Gasteiger partial charge in [0.1, 0.15) is 0 Å². The van der Waals surface area contributed by atoms with Crippen molar-refractivity contribution in [1.29, 1.82) is 0 Å². The monoisotopic (exact) mass is 274 g/mol. The molecule has 1 heterocycles. The quantitative estimate of drug-likeness (QED) is 0.817. The molecule has 1 aromatic heterocycles. The summed E-state index contributed by atoms with van der Waals surface area (Å²) in [5.41, 5.74) is -2.00. The van der Waals surface area contributed by atoms with E-state index in [0.29, 0.717) is 13.1 Å². The summed E-state index contributed by atoms with van der Waals surface area (Å²) < 4.78 is 35.6. The number of fused-ring (bicyclic) bond motifs is 1. The van der Waals surface area contributed by atoms with Gasteiger partial charge in [0.15, 0.2) is 0 Å². The predicted molar refractivity (Wildman–Crippen MR) is 68.5 cm³/mol. The molecule has 1 aromatic carbocycles. The van der Waals surface area contributed by atoms with Gasteiger partial charge in [0, 0.05) is 30.6 Å². The van der Waals surface area contributed by atoms with Gasteiger partial charge in [0.05, 0.1) is 0 Å². The van der Waals surface area contributed by atoms with E-state index in [4.69, 9.17) is 0 Å². The molecule has 2 rings (SSSR count). The Morgan fingerprint density at radius 1 is 1.22 bits per heavy atom. The molecule has 0 unspecified atom stereocenters. The zero-order valence-corrected chi connectivity index (χ0v) is 10.4. The fraction of sp³-hybridized carbons (Fsp3) is 0.333. The number of alkyl halides is 3. The lowest BCUT2D eigenvalue weighted by molar-refractivity contribution is -0.0327. The van der Waals surface area contributed by atoms with Crippen molar-refractivity contribution in [1.82, 2.24) is 10.3 Å². The minimum Gasteiger partial charge on any atom is -0.361 e. The van der Waals surface area contributed by atoms with Gasteiger partial charge in [-0.25, -0.2) is 0 Å². The second-order valence-corrected chi connectivity index (χ2v) is 5.03. The summed E-state index contributed by atoms with van der Waals surface area (Å²) in [4.78, 5) is 3.09. The van der Waals surface area contributed by atoms with E-state index in [1.165, 1.54) is 0 Å². The number of aromatic amines is 1. The first-order chi connectivity index (χ1) is 8.54. The van der Waals surface area contributed by atoms with Crippen molar-refractivity contribution in [3.8, 4) is 0 Å². The molecule has 2 nitrogen and oxygen atoms in total. The molecule has 0 amide bonds. The van der Waals surface area contributed by atoms with Crippen molar-refractivity contribution in [3.05, 3.63) is 36.0 Å². The Morgan fingerprint density at radius 3 is 2.83 bits per heavy atom. The highest BCUT2D eigenvalue weighted by atomic mass is 32.2. The molecular weight excluding hydrogens is 261 g/mol. The van der Waals surface area contributed by atoms with Crippen molar-refractivity contribution in [2.45, 2.75) is 12.1 Å². The summed E-state index contributed by atoms with van der Waals surface area (Å²) in [6, 6.07) is 7.92. The molecule has 0 aliphatic rings. The van der Waals surface area contributed by atoms with Gasteiger partial charge in [-0.05, 0) is 40.9 Å². The summed E-state index contributed by atoms with van der Waals surface area (Å²) in [7, 11) is 0. The third-order valence-corrected chi connectivity index (χ3v) is 3.23. The summed E-state index contributed by atoms with van der Waals surface area (Å²) in [6.07, 6.45) is 1.86. The molecule has 0 aliphatic heterocycles. The Hall–Kier alpha value is -1.14. The predicted octanol–water partition coefficient (Wildman–Crippen LogP) is 3.51. The van der Waals surface area contributed by atoms with Crippen LogP contribution in [0.3, 0.4) is 0 Å². The Morgan fingerprint density at radius 2 is 2.06 bits per heavy atom. The van der Waals surface area contributed by atoms with Crippen LogP contribution in [-0.4, -0.2) is 22.8 Å². The van der Waals surface area contributed by atoms with Crippen molar-refractivity contribution in [2.75, 3.05) is 12.3 Å². The summed E-state index contributed by atoms with van der Waals surface area (Å²) in [6.45, 7) is 0.925. The normalized spacial score (nSPS) is 12.2. The lowest BCUT2D eigenvalue weighted by Crippen LogP contribution is -2.18. The fourth-order valence-electron chi connectivity index (χ4n) is 1.68. The molecule has 18 heavy (non-hydrogen) atoms. The molecular formula is C12H13F3N2S. The molecule has 2 aromatic rings. The minimum absolute atomic E-state index is 0.00514. The first-order valence-electron chi connectivity index (χ1n) is 5.52. The molecule has 2 N–H and O–H groups in total. The largest absolute Gasteiger partial charge is 0.441 e. The zero-order chi connectivity index (χ0) is 13.0. The maximum atomic E-state index is 11.9. The van der Waals surface area contributed by atoms with E-state index in [0.717, 1.165) is 16.5 Å². The van der Waals surface area contributed by atoms with Gasteiger partial charge in [-0.15, -0.1) is 0 Å². The molecule has 0 atom stereocenters. The van der Waals surface area contributed by atoms with E-state index >= 15 is 0 Å². The van der Waals surface area contributed by atoms with Crippen LogP contribution in [0.15, 0.2) is 30.5 Å². The Balaban J connectivity index is 1.76. The first kappa shape index (κ1) is 13.3. The number of aromatic nitrogens is 1. The highest BCUT2D eigenvalue weighted by Crippen LogP contribution is 2.29. The minimum atomic E-state index is -4.13. The molecule has 0 aliphatic carbocycles.